The summed E-state index contributed by atoms with van der Waals surface area (Å²) in [5.41, 5.74) is 1.82. The van der Waals surface area contributed by atoms with Gasteiger partial charge < -0.3 is 10.4 Å². The van der Waals surface area contributed by atoms with E-state index in [0.29, 0.717) is 17.0 Å². The molecule has 1 aromatic heterocycles. The summed E-state index contributed by atoms with van der Waals surface area (Å²) in [7, 11) is 0. The standard InChI is InChI=1S/C14H8Cl2N2O2/c15-10-5-7(6-11(16)12(10)19)4-9-8-2-1-3-17-13(8)18-14(9)20/h1-6,19H,(H,17,18,20)/b9-4-. The molecule has 100 valence electrons. The van der Waals surface area contributed by atoms with Gasteiger partial charge >= 0.3 is 0 Å². The summed E-state index contributed by atoms with van der Waals surface area (Å²) in [5.74, 6) is 0.118. The molecule has 0 radical (unpaired) electrons. The largest absolute Gasteiger partial charge is 0.505 e. The van der Waals surface area contributed by atoms with Gasteiger partial charge in [0.2, 0.25) is 0 Å². The Bertz CT molecular complexity index is 734. The predicted molar refractivity (Wildman–Crippen MR) is 78.9 cm³/mol. The van der Waals surface area contributed by atoms with E-state index in [1.807, 2.05) is 0 Å². The Morgan fingerprint density at radius 1 is 1.25 bits per heavy atom. The van der Waals surface area contributed by atoms with E-state index in [1.165, 1.54) is 12.1 Å². The van der Waals surface area contributed by atoms with Crippen molar-refractivity contribution in [2.24, 2.45) is 0 Å². The van der Waals surface area contributed by atoms with Crippen molar-refractivity contribution in [1.82, 2.24) is 4.98 Å². The van der Waals surface area contributed by atoms with Gasteiger partial charge in [-0.2, -0.15) is 0 Å². The van der Waals surface area contributed by atoms with Gasteiger partial charge in [0.25, 0.3) is 5.91 Å². The van der Waals surface area contributed by atoms with Crippen molar-refractivity contribution in [3.05, 3.63) is 51.6 Å². The summed E-state index contributed by atoms with van der Waals surface area (Å²) in [6, 6.07) is 6.63. The van der Waals surface area contributed by atoms with Crippen molar-refractivity contribution in [1.29, 1.82) is 0 Å². The Morgan fingerprint density at radius 2 is 1.95 bits per heavy atom. The van der Waals surface area contributed by atoms with Crippen molar-refractivity contribution in [3.63, 3.8) is 0 Å². The lowest BCUT2D eigenvalue weighted by molar-refractivity contribution is -0.110. The number of aromatic nitrogens is 1. The Kier molecular flexibility index (Phi) is 3.12. The number of hydrogen-bond acceptors (Lipinski definition) is 3. The second kappa shape index (κ2) is 4.81. The maximum Gasteiger partial charge on any atom is 0.257 e. The summed E-state index contributed by atoms with van der Waals surface area (Å²) >= 11 is 11.7. The number of nitrogens with one attached hydrogen (secondary N) is 1. The SMILES string of the molecule is O=C1Nc2ncccc2/C1=C/c1cc(Cl)c(O)c(Cl)c1. The van der Waals surface area contributed by atoms with E-state index in [1.54, 1.807) is 24.4 Å². The van der Waals surface area contributed by atoms with Gasteiger partial charge in [-0.15, -0.1) is 0 Å². The van der Waals surface area contributed by atoms with Gasteiger partial charge in [0.05, 0.1) is 15.6 Å². The molecule has 0 saturated carbocycles. The molecule has 20 heavy (non-hydrogen) atoms. The average Bonchev–Trinajstić information content (AvgIpc) is 2.73. The number of amides is 1. The van der Waals surface area contributed by atoms with Crippen LogP contribution in [0.25, 0.3) is 11.6 Å². The summed E-state index contributed by atoms with van der Waals surface area (Å²) in [6.45, 7) is 0. The maximum atomic E-state index is 11.9. The van der Waals surface area contributed by atoms with Crippen LogP contribution in [0.1, 0.15) is 11.1 Å². The Balaban J connectivity index is 2.11. The van der Waals surface area contributed by atoms with E-state index in [4.69, 9.17) is 23.2 Å². The van der Waals surface area contributed by atoms with Gasteiger partial charge in [-0.3, -0.25) is 4.79 Å². The average molecular weight is 307 g/mol. The van der Waals surface area contributed by atoms with E-state index >= 15 is 0 Å². The van der Waals surface area contributed by atoms with Gasteiger partial charge in [0.1, 0.15) is 5.82 Å². The molecular weight excluding hydrogens is 299 g/mol. The molecule has 4 nitrogen and oxygen atoms in total. The number of nitrogens with zero attached hydrogens (tertiary/aromatic N) is 1. The second-order valence-electron chi connectivity index (χ2n) is 4.24. The third-order valence-corrected chi connectivity index (χ3v) is 3.50. The fourth-order valence-electron chi connectivity index (χ4n) is 2.00. The van der Waals surface area contributed by atoms with Crippen molar-refractivity contribution in [3.8, 4) is 5.75 Å². The topological polar surface area (TPSA) is 62.2 Å². The zero-order valence-electron chi connectivity index (χ0n) is 10.0. The Labute approximate surface area is 124 Å². The fraction of sp³-hybridized carbons (Fsp3) is 0. The number of anilines is 1. The molecule has 0 spiro atoms. The first-order chi connectivity index (χ1) is 9.56. The van der Waals surface area contributed by atoms with Crippen LogP contribution in [0, 0.1) is 0 Å². The zero-order valence-corrected chi connectivity index (χ0v) is 11.5. The van der Waals surface area contributed by atoms with Crippen LogP contribution in [-0.2, 0) is 4.79 Å². The minimum atomic E-state index is -0.237. The molecule has 1 aromatic carbocycles. The summed E-state index contributed by atoms with van der Waals surface area (Å²) < 4.78 is 0. The number of phenolic OH excluding ortho intramolecular Hbond substituents is 1. The molecule has 2 N–H and O–H groups in total. The molecule has 0 atom stereocenters. The van der Waals surface area contributed by atoms with E-state index in [2.05, 4.69) is 10.3 Å². The Hall–Kier alpha value is -2.04. The quantitative estimate of drug-likeness (QED) is 0.792. The predicted octanol–water partition coefficient (Wildman–Crippen LogP) is 3.59. The normalized spacial score (nSPS) is 15.3. The molecule has 2 aromatic rings. The van der Waals surface area contributed by atoms with E-state index < -0.39 is 0 Å². The van der Waals surface area contributed by atoms with Crippen LogP contribution < -0.4 is 5.32 Å². The highest BCUT2D eigenvalue weighted by Crippen LogP contribution is 2.36. The molecule has 0 saturated heterocycles. The highest BCUT2D eigenvalue weighted by molar-refractivity contribution is 6.38. The molecule has 0 bridgehead atoms. The van der Waals surface area contributed by atoms with Gasteiger partial charge in [-0.25, -0.2) is 4.98 Å². The van der Waals surface area contributed by atoms with Crippen molar-refractivity contribution in [2.75, 3.05) is 5.32 Å². The van der Waals surface area contributed by atoms with Gasteiger partial charge in [0, 0.05) is 11.8 Å². The van der Waals surface area contributed by atoms with E-state index in [-0.39, 0.29) is 21.7 Å². The first-order valence-corrected chi connectivity index (χ1v) is 6.48. The Morgan fingerprint density at radius 3 is 2.65 bits per heavy atom. The second-order valence-corrected chi connectivity index (χ2v) is 5.06. The van der Waals surface area contributed by atoms with E-state index in [9.17, 15) is 9.90 Å². The fourth-order valence-corrected chi connectivity index (χ4v) is 2.50. The summed E-state index contributed by atoms with van der Waals surface area (Å²) in [5, 5.41) is 12.5. The zero-order chi connectivity index (χ0) is 14.3. The molecule has 3 rings (SSSR count). The van der Waals surface area contributed by atoms with Crippen LogP contribution in [0.15, 0.2) is 30.5 Å². The van der Waals surface area contributed by atoms with E-state index in [0.717, 1.165) is 5.56 Å². The lowest BCUT2D eigenvalue weighted by atomic mass is 10.1. The van der Waals surface area contributed by atoms with Crippen LogP contribution in [-0.4, -0.2) is 16.0 Å². The molecule has 0 fully saturated rings. The van der Waals surface area contributed by atoms with Gasteiger partial charge in [-0.05, 0) is 35.9 Å². The van der Waals surface area contributed by atoms with Crippen molar-refractivity contribution < 1.29 is 9.90 Å². The summed E-state index contributed by atoms with van der Waals surface area (Å²) in [6.07, 6.45) is 3.26. The maximum absolute atomic E-state index is 11.9. The minimum absolute atomic E-state index is 0.133. The van der Waals surface area contributed by atoms with Crippen LogP contribution in [0.5, 0.6) is 5.75 Å². The number of benzene rings is 1. The summed E-state index contributed by atoms with van der Waals surface area (Å²) in [4.78, 5) is 16.0. The molecular formula is C14H8Cl2N2O2. The van der Waals surface area contributed by atoms with Crippen LogP contribution in [0.4, 0.5) is 5.82 Å². The number of halogens is 2. The number of carbonyl (C=O) groups excluding carboxylic acids is 1. The monoisotopic (exact) mass is 306 g/mol. The highest BCUT2D eigenvalue weighted by Gasteiger charge is 2.24. The third kappa shape index (κ3) is 2.13. The van der Waals surface area contributed by atoms with Gasteiger partial charge in [-0.1, -0.05) is 23.2 Å². The molecule has 1 aliphatic heterocycles. The first-order valence-electron chi connectivity index (χ1n) is 5.72. The van der Waals surface area contributed by atoms with Crippen molar-refractivity contribution in [2.45, 2.75) is 0 Å². The molecule has 2 heterocycles. The first kappa shape index (κ1) is 13.0. The lowest BCUT2D eigenvalue weighted by Crippen LogP contribution is -2.04. The number of carbonyl (C=O) groups is 1. The van der Waals surface area contributed by atoms with Crippen molar-refractivity contribution >= 4 is 46.6 Å². The molecule has 0 aliphatic carbocycles. The van der Waals surface area contributed by atoms with Crippen LogP contribution >= 0.6 is 23.2 Å². The number of rotatable bonds is 1. The molecule has 1 amide bonds. The van der Waals surface area contributed by atoms with Crippen LogP contribution in [0.2, 0.25) is 10.0 Å². The van der Waals surface area contributed by atoms with Gasteiger partial charge in [0.15, 0.2) is 5.75 Å². The smallest absolute Gasteiger partial charge is 0.257 e. The number of phenols is 1. The third-order valence-electron chi connectivity index (χ3n) is 2.92. The molecule has 6 heteroatoms. The molecule has 1 aliphatic rings. The molecule has 0 unspecified atom stereocenters. The number of pyridine rings is 1. The minimum Gasteiger partial charge on any atom is -0.505 e. The number of fused-ring (bicyclic) bond motifs is 1. The highest BCUT2D eigenvalue weighted by atomic mass is 35.5. The number of hydrogen-bond donors (Lipinski definition) is 2. The number of aromatic hydroxyl groups is 1. The van der Waals surface area contributed by atoms with Crippen LogP contribution in [0.3, 0.4) is 0 Å². The lowest BCUT2D eigenvalue weighted by Gasteiger charge is -2.03.